The lowest BCUT2D eigenvalue weighted by Crippen LogP contribution is -2.24. The standard InChI is InChI=1S/C9H17N3O/c1-4-13-7-8(10-2)9-5-6-11-12(9)3/h5-6,8,10H,4,7H2,1-3H3. The highest BCUT2D eigenvalue weighted by Crippen LogP contribution is 2.10. The minimum absolute atomic E-state index is 0.229. The van der Waals surface area contributed by atoms with Crippen molar-refractivity contribution in [2.45, 2.75) is 13.0 Å². The van der Waals surface area contributed by atoms with Crippen LogP contribution in [0.3, 0.4) is 0 Å². The molecule has 0 aliphatic rings. The van der Waals surface area contributed by atoms with E-state index in [9.17, 15) is 0 Å². The Morgan fingerprint density at radius 1 is 1.69 bits per heavy atom. The van der Waals surface area contributed by atoms with Gasteiger partial charge in [0, 0.05) is 19.9 Å². The van der Waals surface area contributed by atoms with Crippen LogP contribution in [0.15, 0.2) is 12.3 Å². The smallest absolute Gasteiger partial charge is 0.0727 e. The second-order valence-corrected chi connectivity index (χ2v) is 2.88. The molecule has 0 amide bonds. The third-order valence-corrected chi connectivity index (χ3v) is 2.05. The number of hydrogen-bond acceptors (Lipinski definition) is 3. The Hall–Kier alpha value is -0.870. The third-order valence-electron chi connectivity index (χ3n) is 2.05. The molecule has 4 nitrogen and oxygen atoms in total. The van der Waals surface area contributed by atoms with E-state index in [4.69, 9.17) is 4.74 Å². The summed E-state index contributed by atoms with van der Waals surface area (Å²) in [5, 5.41) is 7.31. The predicted molar refractivity (Wildman–Crippen MR) is 51.5 cm³/mol. The highest BCUT2D eigenvalue weighted by atomic mass is 16.5. The number of likely N-dealkylation sites (N-methyl/N-ethyl adjacent to an activating group) is 1. The molecule has 74 valence electrons. The van der Waals surface area contributed by atoms with Gasteiger partial charge in [-0.05, 0) is 20.0 Å². The van der Waals surface area contributed by atoms with E-state index < -0.39 is 0 Å². The molecule has 13 heavy (non-hydrogen) atoms. The summed E-state index contributed by atoms with van der Waals surface area (Å²) in [4.78, 5) is 0. The van der Waals surface area contributed by atoms with Crippen LogP contribution in [0, 0.1) is 0 Å². The van der Waals surface area contributed by atoms with Crippen LogP contribution in [-0.2, 0) is 11.8 Å². The van der Waals surface area contributed by atoms with Crippen molar-refractivity contribution in [3.63, 3.8) is 0 Å². The molecule has 0 aliphatic heterocycles. The van der Waals surface area contributed by atoms with Crippen molar-refractivity contribution in [2.75, 3.05) is 20.3 Å². The summed E-state index contributed by atoms with van der Waals surface area (Å²) in [6, 6.07) is 2.23. The van der Waals surface area contributed by atoms with Crippen LogP contribution in [0.1, 0.15) is 18.7 Å². The summed E-state index contributed by atoms with van der Waals surface area (Å²) in [7, 11) is 3.86. The van der Waals surface area contributed by atoms with Gasteiger partial charge in [-0.1, -0.05) is 0 Å². The number of hydrogen-bond donors (Lipinski definition) is 1. The average Bonchev–Trinajstić information content (AvgIpc) is 2.54. The van der Waals surface area contributed by atoms with Crippen molar-refractivity contribution < 1.29 is 4.74 Å². The molecule has 1 N–H and O–H groups in total. The fraction of sp³-hybridized carbons (Fsp3) is 0.667. The Bertz CT molecular complexity index is 247. The Balaban J connectivity index is 2.61. The molecule has 4 heteroatoms. The Morgan fingerprint density at radius 2 is 2.46 bits per heavy atom. The van der Waals surface area contributed by atoms with Crippen molar-refractivity contribution >= 4 is 0 Å². The van der Waals surface area contributed by atoms with E-state index >= 15 is 0 Å². The Kier molecular flexibility index (Phi) is 3.92. The summed E-state index contributed by atoms with van der Waals surface area (Å²) in [5.41, 5.74) is 1.15. The summed E-state index contributed by atoms with van der Waals surface area (Å²) >= 11 is 0. The zero-order valence-electron chi connectivity index (χ0n) is 8.45. The van der Waals surface area contributed by atoms with E-state index in [1.165, 1.54) is 0 Å². The van der Waals surface area contributed by atoms with E-state index in [0.717, 1.165) is 12.3 Å². The molecule has 1 heterocycles. The minimum atomic E-state index is 0.229. The molecule has 0 radical (unpaired) electrons. The van der Waals surface area contributed by atoms with E-state index in [2.05, 4.69) is 10.4 Å². The Morgan fingerprint density at radius 3 is 2.92 bits per heavy atom. The van der Waals surface area contributed by atoms with Gasteiger partial charge in [-0.25, -0.2) is 0 Å². The molecule has 0 fully saturated rings. The summed E-state index contributed by atoms with van der Waals surface area (Å²) in [6.45, 7) is 3.43. The summed E-state index contributed by atoms with van der Waals surface area (Å²) < 4.78 is 7.22. The maximum Gasteiger partial charge on any atom is 0.0727 e. The maximum atomic E-state index is 5.36. The number of aromatic nitrogens is 2. The number of nitrogens with one attached hydrogen (secondary N) is 1. The summed E-state index contributed by atoms with van der Waals surface area (Å²) in [6.07, 6.45) is 1.80. The first-order chi connectivity index (χ1) is 6.29. The van der Waals surface area contributed by atoms with E-state index in [1.54, 1.807) is 6.20 Å². The van der Waals surface area contributed by atoms with E-state index in [-0.39, 0.29) is 6.04 Å². The fourth-order valence-corrected chi connectivity index (χ4v) is 1.28. The highest BCUT2D eigenvalue weighted by Gasteiger charge is 2.11. The molecule has 0 saturated carbocycles. The second kappa shape index (κ2) is 4.99. The zero-order chi connectivity index (χ0) is 9.68. The molecule has 1 aromatic heterocycles. The van der Waals surface area contributed by atoms with E-state index in [1.807, 2.05) is 31.8 Å². The van der Waals surface area contributed by atoms with Gasteiger partial charge < -0.3 is 10.1 Å². The lowest BCUT2D eigenvalue weighted by atomic mass is 10.2. The van der Waals surface area contributed by atoms with E-state index in [0.29, 0.717) is 6.61 Å². The number of aryl methyl sites for hydroxylation is 1. The normalized spacial score (nSPS) is 13.2. The lowest BCUT2D eigenvalue weighted by Gasteiger charge is -2.15. The minimum Gasteiger partial charge on any atom is -0.380 e. The molecule has 0 spiro atoms. The van der Waals surface area contributed by atoms with Gasteiger partial charge in [-0.2, -0.15) is 5.10 Å². The molecule has 1 rings (SSSR count). The number of ether oxygens (including phenoxy) is 1. The fourth-order valence-electron chi connectivity index (χ4n) is 1.28. The van der Waals surface area contributed by atoms with Crippen molar-refractivity contribution in [3.8, 4) is 0 Å². The molecular weight excluding hydrogens is 166 g/mol. The third kappa shape index (κ3) is 2.54. The monoisotopic (exact) mass is 183 g/mol. The van der Waals surface area contributed by atoms with Gasteiger partial charge >= 0.3 is 0 Å². The average molecular weight is 183 g/mol. The van der Waals surface area contributed by atoms with Gasteiger partial charge in [0.2, 0.25) is 0 Å². The Labute approximate surface area is 78.9 Å². The van der Waals surface area contributed by atoms with Crippen LogP contribution in [0.25, 0.3) is 0 Å². The molecular formula is C9H17N3O. The second-order valence-electron chi connectivity index (χ2n) is 2.88. The topological polar surface area (TPSA) is 39.1 Å². The first kappa shape index (κ1) is 10.2. The molecule has 0 aromatic carbocycles. The summed E-state index contributed by atoms with van der Waals surface area (Å²) in [5.74, 6) is 0. The molecule has 0 aliphatic carbocycles. The quantitative estimate of drug-likeness (QED) is 0.731. The predicted octanol–water partition coefficient (Wildman–Crippen LogP) is 0.717. The van der Waals surface area contributed by atoms with Crippen molar-refractivity contribution in [1.29, 1.82) is 0 Å². The van der Waals surface area contributed by atoms with Crippen LogP contribution in [-0.4, -0.2) is 30.0 Å². The highest BCUT2D eigenvalue weighted by molar-refractivity contribution is 5.06. The van der Waals surface area contributed by atoms with Crippen LogP contribution >= 0.6 is 0 Å². The molecule has 1 unspecified atom stereocenters. The number of rotatable bonds is 5. The van der Waals surface area contributed by atoms with Gasteiger partial charge in [0.05, 0.1) is 18.3 Å². The lowest BCUT2D eigenvalue weighted by molar-refractivity contribution is 0.123. The molecule has 1 aromatic rings. The first-order valence-corrected chi connectivity index (χ1v) is 4.52. The van der Waals surface area contributed by atoms with Crippen LogP contribution in [0.4, 0.5) is 0 Å². The largest absolute Gasteiger partial charge is 0.380 e. The van der Waals surface area contributed by atoms with Gasteiger partial charge in [-0.3, -0.25) is 4.68 Å². The van der Waals surface area contributed by atoms with Crippen LogP contribution in [0.5, 0.6) is 0 Å². The van der Waals surface area contributed by atoms with Gasteiger partial charge in [0.25, 0.3) is 0 Å². The molecule has 0 bridgehead atoms. The SMILES string of the molecule is CCOCC(NC)c1ccnn1C. The van der Waals surface area contributed by atoms with Crippen molar-refractivity contribution in [2.24, 2.45) is 7.05 Å². The van der Waals surface area contributed by atoms with Gasteiger partial charge in [-0.15, -0.1) is 0 Å². The van der Waals surface area contributed by atoms with Crippen LogP contribution < -0.4 is 5.32 Å². The van der Waals surface area contributed by atoms with Crippen molar-refractivity contribution in [3.05, 3.63) is 18.0 Å². The van der Waals surface area contributed by atoms with Gasteiger partial charge in [0.1, 0.15) is 0 Å². The number of nitrogens with zero attached hydrogens (tertiary/aromatic N) is 2. The van der Waals surface area contributed by atoms with Gasteiger partial charge in [0.15, 0.2) is 0 Å². The first-order valence-electron chi connectivity index (χ1n) is 4.52. The maximum absolute atomic E-state index is 5.36. The van der Waals surface area contributed by atoms with Crippen molar-refractivity contribution in [1.82, 2.24) is 15.1 Å². The zero-order valence-corrected chi connectivity index (χ0v) is 8.45. The van der Waals surface area contributed by atoms with Crippen LogP contribution in [0.2, 0.25) is 0 Å². The molecule has 1 atom stereocenters. The molecule has 0 saturated heterocycles.